The Morgan fingerprint density at radius 1 is 0.382 bits per heavy atom. The molecular formula is C86H78Cl3N17O4. The number of para-hydroxylation sites is 8. The maximum Gasteiger partial charge on any atom is 0.156 e. The zero-order valence-corrected chi connectivity index (χ0v) is 62.3. The van der Waals surface area contributed by atoms with Gasteiger partial charge in [-0.1, -0.05) is 120 Å². The van der Waals surface area contributed by atoms with E-state index in [0.717, 1.165) is 141 Å². The van der Waals surface area contributed by atoms with Crippen molar-refractivity contribution in [3.63, 3.8) is 0 Å². The van der Waals surface area contributed by atoms with Crippen molar-refractivity contribution in [3.8, 4) is 23.0 Å². The molecule has 0 unspecified atom stereocenters. The molecule has 18 rings (SSSR count). The first kappa shape index (κ1) is 75.4. The molecule has 0 saturated carbocycles. The lowest BCUT2D eigenvalue weighted by Gasteiger charge is -2.36. The molecule has 24 heteroatoms. The summed E-state index contributed by atoms with van der Waals surface area (Å²) in [6.45, 7) is 5.78. The lowest BCUT2D eigenvalue weighted by atomic mass is 10.00. The summed E-state index contributed by atoms with van der Waals surface area (Å²) in [5.74, 6) is 6.14. The number of aromatic nitrogens is 10. The minimum Gasteiger partial charge on any atom is -0.490 e. The molecule has 4 N–H and O–H groups in total. The van der Waals surface area contributed by atoms with Crippen molar-refractivity contribution in [2.75, 3.05) is 89.9 Å². The highest BCUT2D eigenvalue weighted by atomic mass is 35.5. The van der Waals surface area contributed by atoms with Gasteiger partial charge in [-0.05, 0) is 167 Å². The molecule has 110 heavy (non-hydrogen) atoms. The topological polar surface area (TPSA) is 229 Å². The number of hydrogen-bond acceptors (Lipinski definition) is 21. The van der Waals surface area contributed by atoms with Crippen LogP contribution in [-0.2, 0) is 0 Å². The third kappa shape index (κ3) is 19.5. The molecular weight excluding hydrogens is 1440 g/mol. The lowest BCUT2D eigenvalue weighted by Crippen LogP contribution is -2.32. The molecule has 21 nitrogen and oxygen atoms in total. The second-order valence-corrected chi connectivity index (χ2v) is 25.9. The Balaban J connectivity index is 0.000000123. The van der Waals surface area contributed by atoms with Crippen LogP contribution in [0.2, 0.25) is 15.2 Å². The van der Waals surface area contributed by atoms with E-state index < -0.39 is 0 Å². The first-order valence-electron chi connectivity index (χ1n) is 35.6. The molecule has 0 aliphatic carbocycles. The van der Waals surface area contributed by atoms with E-state index in [-0.39, 0.29) is 18.1 Å². The van der Waals surface area contributed by atoms with Gasteiger partial charge in [0.25, 0.3) is 0 Å². The molecule has 0 bridgehead atoms. The van der Waals surface area contributed by atoms with Crippen LogP contribution in [0, 0.1) is 0 Å². The van der Waals surface area contributed by atoms with Crippen LogP contribution >= 0.6 is 34.8 Å². The number of nitrogens with two attached hydrogens (primary N) is 1. The fourth-order valence-electron chi connectivity index (χ4n) is 12.6. The van der Waals surface area contributed by atoms with E-state index in [1.807, 2.05) is 195 Å². The van der Waals surface area contributed by atoms with Crippen molar-refractivity contribution < 1.29 is 18.9 Å². The standard InChI is InChI=1S/C25H23N5O.C24H21N5O.C13H11ClN2O.C11H11N3.C8H9NO.C5H3Cl2N/c1-29(24(19-7-4-12-26-17-19)20-8-5-13-27-18-20)22-10-6-14-28-25(22)30-15-16-31-23-11-3-2-9-21(23)30;1-2-10-22-21(9-1)29(14-15-30-22)24-20(8-5-13-27-24)28-23(18-6-3-11-25-16-18)19-7-4-12-26-17-19;14-10-4-3-7-15-13(10)16-8-9-17-12-6-2-1-5-11(12)16;12-11(9-3-1-5-13-7-9)10-4-2-6-14-8-10;1-2-4-8-7(3-1)9-5-6-10-8;6-4-2-1-3-8-5(4)7/h2-14,17-18,24H,15-16H2,1H3;1-13,16-17,23,28H,14-15H2;1-7H,8-9H2;1-8,11H,12H2;1-4,9H,5-6H2;1-3H. The van der Waals surface area contributed by atoms with Crippen molar-refractivity contribution in [3.05, 3.63) is 366 Å². The second kappa shape index (κ2) is 38.7. The maximum absolute atomic E-state index is 6.18. The molecule has 4 aromatic carbocycles. The smallest absolute Gasteiger partial charge is 0.156 e. The van der Waals surface area contributed by atoms with Gasteiger partial charge in [0.05, 0.1) is 81.9 Å². The molecule has 0 saturated heterocycles. The van der Waals surface area contributed by atoms with Crippen molar-refractivity contribution in [2.24, 2.45) is 5.73 Å². The number of anilines is 9. The molecule has 10 aromatic heterocycles. The van der Waals surface area contributed by atoms with Crippen LogP contribution in [0.4, 0.5) is 51.6 Å². The molecule has 0 radical (unpaired) electrons. The fraction of sp³-hybridized carbons (Fsp3) is 0.140. The summed E-state index contributed by atoms with van der Waals surface area (Å²) in [7, 11) is 2.09. The predicted molar refractivity (Wildman–Crippen MR) is 436 cm³/mol. The summed E-state index contributed by atoms with van der Waals surface area (Å²) >= 11 is 17.2. The molecule has 0 fully saturated rings. The van der Waals surface area contributed by atoms with Crippen LogP contribution in [0.3, 0.4) is 0 Å². The zero-order chi connectivity index (χ0) is 75.5. The molecule has 0 atom stereocenters. The third-order valence-electron chi connectivity index (χ3n) is 17.7. The van der Waals surface area contributed by atoms with Crippen LogP contribution in [-0.4, -0.2) is 109 Å². The summed E-state index contributed by atoms with van der Waals surface area (Å²) in [5, 5.41) is 8.43. The molecule has 4 aliphatic heterocycles. The van der Waals surface area contributed by atoms with Gasteiger partial charge in [0.1, 0.15) is 54.6 Å². The van der Waals surface area contributed by atoms with E-state index in [1.54, 1.807) is 74.1 Å². The average molecular weight is 1520 g/mol. The molecule has 14 heterocycles. The van der Waals surface area contributed by atoms with Crippen LogP contribution in [0.1, 0.15) is 51.5 Å². The summed E-state index contributed by atoms with van der Waals surface area (Å²) < 4.78 is 22.7. The first-order chi connectivity index (χ1) is 54.2. The van der Waals surface area contributed by atoms with Gasteiger partial charge < -0.3 is 54.9 Å². The van der Waals surface area contributed by atoms with Crippen LogP contribution in [0.25, 0.3) is 0 Å². The van der Waals surface area contributed by atoms with Gasteiger partial charge in [0.2, 0.25) is 0 Å². The highest BCUT2D eigenvalue weighted by molar-refractivity contribution is 6.41. The number of halogens is 3. The number of hydrogen-bond donors (Lipinski definition) is 3. The molecule has 0 spiro atoms. The van der Waals surface area contributed by atoms with Gasteiger partial charge in [-0.15, -0.1) is 0 Å². The number of rotatable bonds is 13. The molecule has 552 valence electrons. The average Bonchev–Trinajstić information content (AvgIpc) is 0.785. The first-order valence-corrected chi connectivity index (χ1v) is 36.7. The van der Waals surface area contributed by atoms with E-state index in [4.69, 9.17) is 69.5 Å². The Kier molecular flexibility index (Phi) is 26.5. The Labute approximate surface area is 654 Å². The van der Waals surface area contributed by atoms with E-state index in [1.165, 1.54) is 0 Å². The number of fused-ring (bicyclic) bond motifs is 4. The van der Waals surface area contributed by atoms with Crippen molar-refractivity contribution in [1.29, 1.82) is 0 Å². The third-order valence-corrected chi connectivity index (χ3v) is 18.7. The highest BCUT2D eigenvalue weighted by Gasteiger charge is 2.29. The Bertz CT molecular complexity index is 5000. The van der Waals surface area contributed by atoms with Crippen molar-refractivity contribution >= 4 is 86.4 Å². The summed E-state index contributed by atoms with van der Waals surface area (Å²) in [6, 6.07) is 70.8. The lowest BCUT2D eigenvalue weighted by molar-refractivity contribution is 0.313. The predicted octanol–water partition coefficient (Wildman–Crippen LogP) is 17.9. The second-order valence-electron chi connectivity index (χ2n) is 24.8. The van der Waals surface area contributed by atoms with Crippen LogP contribution < -0.4 is 54.9 Å². The maximum atomic E-state index is 6.18. The van der Waals surface area contributed by atoms with Crippen LogP contribution in [0.15, 0.2) is 318 Å². The van der Waals surface area contributed by atoms with Gasteiger partial charge in [-0.3, -0.25) is 29.9 Å². The number of pyridine rings is 10. The van der Waals surface area contributed by atoms with E-state index in [0.29, 0.717) is 35.0 Å². The van der Waals surface area contributed by atoms with Gasteiger partial charge in [-0.25, -0.2) is 19.9 Å². The molecule has 4 aliphatic rings. The minimum atomic E-state index is -0.141. The largest absolute Gasteiger partial charge is 0.490 e. The van der Waals surface area contributed by atoms with E-state index in [9.17, 15) is 0 Å². The molecule has 14 aromatic rings. The monoisotopic (exact) mass is 1520 g/mol. The summed E-state index contributed by atoms with van der Waals surface area (Å²) in [5.41, 5.74) is 18.5. The number of nitrogens with zero attached hydrogens (tertiary/aromatic N) is 14. The minimum absolute atomic E-state index is 0.0540. The fourth-order valence-corrected chi connectivity index (χ4v) is 13.0. The SMILES string of the molecule is CN(c1cccnc1N1CCOc2ccccc21)C(c1cccnc1)c1cccnc1.Clc1cccnc1Cl.Clc1cccnc1N1CCOc2ccccc21.NC(c1cccnc1)c1cccnc1.c1ccc2c(c1)NCCO2.c1cncc(C(Nc2cccnc2N2CCOc3ccccc32)c2cccnc2)c1. The number of ether oxygens (including phenoxy) is 4. The van der Waals surface area contributed by atoms with Gasteiger partial charge in [-0.2, -0.15) is 0 Å². The van der Waals surface area contributed by atoms with Gasteiger partial charge >= 0.3 is 0 Å². The van der Waals surface area contributed by atoms with Crippen LogP contribution in [0.5, 0.6) is 23.0 Å². The Morgan fingerprint density at radius 3 is 1.22 bits per heavy atom. The summed E-state index contributed by atoms with van der Waals surface area (Å²) in [6.07, 6.45) is 28.8. The summed E-state index contributed by atoms with van der Waals surface area (Å²) in [4.78, 5) is 51.7. The number of benzene rings is 4. The zero-order valence-electron chi connectivity index (χ0n) is 60.0. The van der Waals surface area contributed by atoms with E-state index >= 15 is 0 Å². The highest BCUT2D eigenvalue weighted by Crippen LogP contribution is 2.44. The molecule has 0 amide bonds. The Morgan fingerprint density at radius 2 is 0.764 bits per heavy atom. The number of nitrogens with one attached hydrogen (secondary N) is 2. The van der Waals surface area contributed by atoms with Crippen molar-refractivity contribution in [1.82, 2.24) is 49.8 Å². The quantitative estimate of drug-likeness (QED) is 0.0911. The van der Waals surface area contributed by atoms with E-state index in [2.05, 4.69) is 126 Å². The van der Waals surface area contributed by atoms with Crippen molar-refractivity contribution in [2.45, 2.75) is 18.1 Å². The Hall–Kier alpha value is -12.8. The normalized spacial score (nSPS) is 12.7. The van der Waals surface area contributed by atoms with Gasteiger partial charge in [0.15, 0.2) is 17.5 Å². The van der Waals surface area contributed by atoms with Gasteiger partial charge in [0, 0.05) is 113 Å².